The standard InChI is InChI=1S/C29H40N4O3/c1-21(31(3)24-15-9-5-10-16-24)28(29(36)32(20-34)25-17-11-6-12-18-25)26-19-27(33(30-26)22(2)35)23-13-7-4-8-14-23/h4,7-8,13-14,20,24-25,27,30H,1,5-6,9-12,15-19H2,2-3H3/b28-26+. The van der Waals surface area contributed by atoms with Crippen LogP contribution < -0.4 is 5.43 Å². The van der Waals surface area contributed by atoms with Gasteiger partial charge in [-0.25, -0.2) is 5.01 Å². The lowest BCUT2D eigenvalue weighted by Crippen LogP contribution is -2.44. The average Bonchev–Trinajstić information content (AvgIpc) is 3.36. The van der Waals surface area contributed by atoms with Crippen molar-refractivity contribution in [2.75, 3.05) is 7.05 Å². The minimum atomic E-state index is -0.315. The van der Waals surface area contributed by atoms with Crippen LogP contribution in [0, 0.1) is 0 Å². The van der Waals surface area contributed by atoms with Crippen molar-refractivity contribution in [1.82, 2.24) is 20.2 Å². The lowest BCUT2D eigenvalue weighted by atomic mass is 9.92. The summed E-state index contributed by atoms with van der Waals surface area (Å²) in [5.41, 5.74) is 5.94. The molecular weight excluding hydrogens is 452 g/mol. The number of nitrogens with zero attached hydrogens (tertiary/aromatic N) is 3. The average molecular weight is 493 g/mol. The number of likely N-dealkylation sites (N-methyl/N-ethyl adjacent to an activating group) is 1. The van der Waals surface area contributed by atoms with Gasteiger partial charge in [0.05, 0.1) is 11.6 Å². The predicted molar refractivity (Wildman–Crippen MR) is 140 cm³/mol. The molecule has 1 heterocycles. The number of carbonyl (C=O) groups excluding carboxylic acids is 3. The molecule has 0 spiro atoms. The van der Waals surface area contributed by atoms with Gasteiger partial charge in [-0.1, -0.05) is 75.4 Å². The first-order chi connectivity index (χ1) is 17.4. The molecule has 1 aromatic carbocycles. The fourth-order valence-electron chi connectivity index (χ4n) is 6.03. The van der Waals surface area contributed by atoms with Crippen molar-refractivity contribution in [3.8, 4) is 0 Å². The third kappa shape index (κ3) is 5.50. The maximum absolute atomic E-state index is 14.1. The Hall–Kier alpha value is -3.09. The van der Waals surface area contributed by atoms with Gasteiger partial charge in [-0.3, -0.25) is 24.7 Å². The number of hydrogen-bond acceptors (Lipinski definition) is 5. The molecule has 0 radical (unpaired) electrons. The van der Waals surface area contributed by atoms with Gasteiger partial charge in [-0.2, -0.15) is 0 Å². The molecule has 1 saturated heterocycles. The van der Waals surface area contributed by atoms with Crippen LogP contribution in [0.4, 0.5) is 0 Å². The van der Waals surface area contributed by atoms with Gasteiger partial charge in [-0.15, -0.1) is 0 Å². The number of rotatable bonds is 7. The van der Waals surface area contributed by atoms with Gasteiger partial charge in [0.15, 0.2) is 0 Å². The number of benzene rings is 1. The van der Waals surface area contributed by atoms with E-state index in [-0.39, 0.29) is 23.9 Å². The zero-order valence-electron chi connectivity index (χ0n) is 21.7. The summed E-state index contributed by atoms with van der Waals surface area (Å²) in [6.45, 7) is 5.91. The van der Waals surface area contributed by atoms with Crippen LogP contribution in [0.1, 0.15) is 89.2 Å². The van der Waals surface area contributed by atoms with Crippen molar-refractivity contribution in [2.45, 2.75) is 95.7 Å². The van der Waals surface area contributed by atoms with Gasteiger partial charge in [0.2, 0.25) is 12.3 Å². The highest BCUT2D eigenvalue weighted by atomic mass is 16.2. The van der Waals surface area contributed by atoms with Crippen molar-refractivity contribution in [3.05, 3.63) is 59.4 Å². The number of imide groups is 1. The summed E-state index contributed by atoms with van der Waals surface area (Å²) in [5.74, 6) is -0.444. The van der Waals surface area contributed by atoms with Crippen LogP contribution in [-0.2, 0) is 14.4 Å². The summed E-state index contributed by atoms with van der Waals surface area (Å²) < 4.78 is 0. The molecule has 0 bridgehead atoms. The van der Waals surface area contributed by atoms with E-state index >= 15 is 0 Å². The zero-order chi connectivity index (χ0) is 25.7. The number of hydrogen-bond donors (Lipinski definition) is 1. The van der Waals surface area contributed by atoms with Gasteiger partial charge in [0.25, 0.3) is 5.91 Å². The van der Waals surface area contributed by atoms with Crippen LogP contribution in [0.3, 0.4) is 0 Å². The highest BCUT2D eigenvalue weighted by Crippen LogP contribution is 2.37. The Labute approximate surface area is 215 Å². The van der Waals surface area contributed by atoms with E-state index in [1.54, 1.807) is 5.01 Å². The Morgan fingerprint density at radius 1 is 0.972 bits per heavy atom. The molecule has 0 aromatic heterocycles. The Balaban J connectivity index is 1.73. The second kappa shape index (κ2) is 11.8. The first-order valence-electron chi connectivity index (χ1n) is 13.5. The van der Waals surface area contributed by atoms with Crippen molar-refractivity contribution >= 4 is 18.2 Å². The molecule has 194 valence electrons. The fourth-order valence-corrected chi connectivity index (χ4v) is 6.03. The van der Waals surface area contributed by atoms with E-state index in [0.29, 0.717) is 35.8 Å². The van der Waals surface area contributed by atoms with Crippen molar-refractivity contribution in [1.29, 1.82) is 0 Å². The molecule has 1 aliphatic heterocycles. The van der Waals surface area contributed by atoms with Gasteiger partial charge < -0.3 is 4.90 Å². The summed E-state index contributed by atoms with van der Waals surface area (Å²) in [5, 5.41) is 1.59. The molecule has 1 N–H and O–H groups in total. The van der Waals surface area contributed by atoms with E-state index < -0.39 is 0 Å². The Kier molecular flexibility index (Phi) is 8.49. The first kappa shape index (κ1) is 26.0. The number of nitrogens with one attached hydrogen (secondary N) is 1. The van der Waals surface area contributed by atoms with Crippen molar-refractivity contribution in [2.24, 2.45) is 0 Å². The molecule has 3 amide bonds. The predicted octanol–water partition coefficient (Wildman–Crippen LogP) is 4.83. The van der Waals surface area contributed by atoms with Gasteiger partial charge >= 0.3 is 0 Å². The topological polar surface area (TPSA) is 73.0 Å². The maximum atomic E-state index is 14.1. The second-order valence-corrected chi connectivity index (χ2v) is 10.4. The van der Waals surface area contributed by atoms with E-state index in [9.17, 15) is 14.4 Å². The monoisotopic (exact) mass is 492 g/mol. The molecule has 2 aliphatic carbocycles. The first-order valence-corrected chi connectivity index (χ1v) is 13.5. The second-order valence-electron chi connectivity index (χ2n) is 10.4. The van der Waals surface area contributed by atoms with E-state index in [4.69, 9.17) is 0 Å². The molecule has 4 rings (SSSR count). The van der Waals surface area contributed by atoms with Gasteiger partial charge in [-0.05, 0) is 31.2 Å². The molecule has 7 heteroatoms. The lowest BCUT2D eigenvalue weighted by Gasteiger charge is -2.37. The molecular formula is C29H40N4O3. The fraction of sp³-hybridized carbons (Fsp3) is 0.552. The summed E-state index contributed by atoms with van der Waals surface area (Å²) in [6.07, 6.45) is 11.7. The van der Waals surface area contributed by atoms with Crippen LogP contribution >= 0.6 is 0 Å². The Morgan fingerprint density at radius 2 is 1.56 bits per heavy atom. The van der Waals surface area contributed by atoms with Crippen LogP contribution in [0.5, 0.6) is 0 Å². The smallest absolute Gasteiger partial charge is 0.264 e. The Morgan fingerprint density at radius 3 is 2.11 bits per heavy atom. The highest BCUT2D eigenvalue weighted by molar-refractivity contribution is 6.03. The van der Waals surface area contributed by atoms with Gasteiger partial charge in [0.1, 0.15) is 0 Å². The molecule has 2 saturated carbocycles. The van der Waals surface area contributed by atoms with Crippen LogP contribution in [0.15, 0.2) is 53.9 Å². The van der Waals surface area contributed by atoms with Gasteiger partial charge in [0, 0.05) is 43.9 Å². The van der Waals surface area contributed by atoms with E-state index in [2.05, 4.69) is 16.9 Å². The molecule has 36 heavy (non-hydrogen) atoms. The maximum Gasteiger partial charge on any atom is 0.264 e. The van der Waals surface area contributed by atoms with E-state index in [0.717, 1.165) is 63.4 Å². The van der Waals surface area contributed by atoms with E-state index in [1.807, 2.05) is 37.4 Å². The number of hydrazine groups is 1. The van der Waals surface area contributed by atoms with Crippen LogP contribution in [0.25, 0.3) is 0 Å². The summed E-state index contributed by atoms with van der Waals surface area (Å²) in [4.78, 5) is 42.5. The Bertz CT molecular complexity index is 993. The van der Waals surface area contributed by atoms with Crippen molar-refractivity contribution in [3.63, 3.8) is 0 Å². The van der Waals surface area contributed by atoms with Crippen LogP contribution in [-0.4, -0.2) is 52.2 Å². The third-order valence-electron chi connectivity index (χ3n) is 8.16. The summed E-state index contributed by atoms with van der Waals surface area (Å²) in [7, 11) is 2.00. The minimum absolute atomic E-state index is 0.0950. The zero-order valence-corrected chi connectivity index (χ0v) is 21.7. The van der Waals surface area contributed by atoms with Crippen LogP contribution in [0.2, 0.25) is 0 Å². The largest absolute Gasteiger partial charge is 0.371 e. The molecule has 1 atom stereocenters. The number of carbonyl (C=O) groups is 3. The normalized spacial score (nSPS) is 22.5. The quantitative estimate of drug-likeness (QED) is 0.436. The highest BCUT2D eigenvalue weighted by Gasteiger charge is 2.38. The molecule has 3 fully saturated rings. The lowest BCUT2D eigenvalue weighted by molar-refractivity contribution is -0.138. The summed E-state index contributed by atoms with van der Waals surface area (Å²) in [6, 6.07) is 9.82. The SMILES string of the molecule is C=C(/C(C(=O)N(C=O)C1CCCCC1)=C1/CC(c2ccccc2)N(C(C)=O)N1)N(C)C1CCCCC1. The molecule has 1 unspecified atom stereocenters. The number of amides is 3. The molecule has 1 aromatic rings. The summed E-state index contributed by atoms with van der Waals surface area (Å²) >= 11 is 0. The molecule has 3 aliphatic rings. The minimum Gasteiger partial charge on any atom is -0.371 e. The molecule has 7 nitrogen and oxygen atoms in total. The third-order valence-corrected chi connectivity index (χ3v) is 8.16. The van der Waals surface area contributed by atoms with E-state index in [1.165, 1.54) is 18.2 Å². The van der Waals surface area contributed by atoms with Crippen molar-refractivity contribution < 1.29 is 14.4 Å².